The molecule has 0 aromatic carbocycles. The Hall–Kier alpha value is -0.762. The van der Waals surface area contributed by atoms with Crippen LogP contribution in [-0.2, 0) is 15.5 Å². The molecule has 0 amide bonds. The molecule has 0 unspecified atom stereocenters. The van der Waals surface area contributed by atoms with Crippen LogP contribution >= 0.6 is 0 Å². The Labute approximate surface area is 119 Å². The molecule has 2 rings (SSSR count). The van der Waals surface area contributed by atoms with Crippen LogP contribution in [0.1, 0.15) is 32.1 Å². The molecule has 0 nitrogen and oxygen atoms in total. The molecule has 0 saturated heterocycles. The van der Waals surface area contributed by atoms with Crippen molar-refractivity contribution in [2.24, 2.45) is 0 Å². The Kier molecular flexibility index (Phi) is 10.7. The van der Waals surface area contributed by atoms with Crippen molar-refractivity contribution < 1.29 is 32.7 Å². The van der Waals surface area contributed by atoms with Gasteiger partial charge in [0.2, 0.25) is 0 Å². The van der Waals surface area contributed by atoms with Crippen LogP contribution in [0.3, 0.4) is 0 Å². The molecule has 0 aromatic rings. The molecule has 0 N–H and O–H groups in total. The van der Waals surface area contributed by atoms with Gasteiger partial charge in [-0.15, -0.1) is 0 Å². The molecule has 110 valence electrons. The van der Waals surface area contributed by atoms with Crippen molar-refractivity contribution in [3.05, 3.63) is 47.1 Å². The number of allylic oxidation sites excluding steroid dienone is 8. The zero-order valence-corrected chi connectivity index (χ0v) is 11.5. The fourth-order valence-corrected chi connectivity index (χ4v) is 1.49. The van der Waals surface area contributed by atoms with Crippen LogP contribution in [-0.4, -0.2) is 7.25 Å². The van der Waals surface area contributed by atoms with Gasteiger partial charge >= 0.3 is 51.9 Å². The first kappa shape index (κ1) is 18.2. The Morgan fingerprint density at radius 2 is 1.32 bits per heavy atom. The molecule has 0 spiro atoms. The van der Waals surface area contributed by atoms with E-state index in [0.717, 1.165) is 11.0 Å². The summed E-state index contributed by atoms with van der Waals surface area (Å²) < 4.78 is 40.1. The third-order valence-electron chi connectivity index (χ3n) is 2.08. The topological polar surface area (TPSA) is 0 Å². The van der Waals surface area contributed by atoms with E-state index >= 15 is 0 Å². The molecule has 0 aromatic heterocycles. The van der Waals surface area contributed by atoms with Crippen LogP contribution in [0.15, 0.2) is 47.1 Å². The zero-order valence-electron chi connectivity index (χ0n) is 10.5. The third kappa shape index (κ3) is 19.7. The van der Waals surface area contributed by atoms with E-state index in [1.54, 1.807) is 0 Å². The summed E-state index contributed by atoms with van der Waals surface area (Å²) in [4.78, 5) is 0. The Balaban J connectivity index is 0.000000265. The van der Waals surface area contributed by atoms with Gasteiger partial charge in [-0.25, -0.2) is 0 Å². The number of hydrogen-bond acceptors (Lipinski definition) is 0. The van der Waals surface area contributed by atoms with Gasteiger partial charge in [0.05, 0.1) is 0 Å². The Bertz CT molecular complexity index is 323. The van der Waals surface area contributed by atoms with Crippen LogP contribution < -0.4 is 0 Å². The van der Waals surface area contributed by atoms with Crippen LogP contribution in [0.25, 0.3) is 0 Å². The van der Waals surface area contributed by atoms with Gasteiger partial charge < -0.3 is 17.3 Å². The fourth-order valence-electron chi connectivity index (χ4n) is 1.28. The number of rotatable bonds is 0. The molecule has 0 atom stereocenters. The van der Waals surface area contributed by atoms with Crippen molar-refractivity contribution in [3.8, 4) is 0 Å². The summed E-state index contributed by atoms with van der Waals surface area (Å²) in [5, 5.41) is 0. The standard InChI is InChI=1S/C8H12.C5H5.BF4.Ni/c1-2-4-6-8-7-5-3-1;1-2-4-5-3-1;2-1(3,4)5;/h1-4H,5-8H2;1-3H,4H2;;/q;;-1;+1/b3-1-,4-2-;;;. The van der Waals surface area contributed by atoms with Crippen molar-refractivity contribution >= 4 is 7.25 Å². The average Bonchev–Trinajstić information content (AvgIpc) is 2.66. The van der Waals surface area contributed by atoms with Gasteiger partial charge in [0.1, 0.15) is 0 Å². The molecule has 0 radical (unpaired) electrons. The normalized spacial score (nSPS) is 20.8. The van der Waals surface area contributed by atoms with E-state index in [1.165, 1.54) is 25.7 Å². The molecule has 0 aliphatic heterocycles. The van der Waals surface area contributed by atoms with Gasteiger partial charge in [0, 0.05) is 0 Å². The second kappa shape index (κ2) is 11.1. The average molecular weight is 319 g/mol. The minimum atomic E-state index is -6.00. The molecule has 0 fully saturated rings. The SMILES string of the molecule is C1=C\CCCC\C=C/1.F[B-](F)(F)F.[Ni+][C]1=CC=CC1. The molecule has 0 bridgehead atoms. The predicted octanol–water partition coefficient (Wildman–Crippen LogP) is 5.35. The first-order valence-electron chi connectivity index (χ1n) is 6.06. The van der Waals surface area contributed by atoms with E-state index < -0.39 is 7.25 Å². The van der Waals surface area contributed by atoms with Crippen LogP contribution in [0.2, 0.25) is 0 Å². The third-order valence-corrected chi connectivity index (χ3v) is 2.44. The maximum atomic E-state index is 9.75. The van der Waals surface area contributed by atoms with E-state index in [1.807, 2.05) is 12.2 Å². The Morgan fingerprint density at radius 3 is 1.58 bits per heavy atom. The van der Waals surface area contributed by atoms with E-state index in [-0.39, 0.29) is 0 Å². The van der Waals surface area contributed by atoms with Crippen LogP contribution in [0.5, 0.6) is 0 Å². The molecule has 6 heteroatoms. The van der Waals surface area contributed by atoms with Gasteiger partial charge in [-0.2, -0.15) is 0 Å². The van der Waals surface area contributed by atoms with Crippen molar-refractivity contribution in [2.45, 2.75) is 32.1 Å². The summed E-state index contributed by atoms with van der Waals surface area (Å²) in [6, 6.07) is 0. The van der Waals surface area contributed by atoms with Gasteiger partial charge in [-0.05, 0) is 25.7 Å². The molecular weight excluding hydrogens is 302 g/mol. The monoisotopic (exact) mass is 318 g/mol. The van der Waals surface area contributed by atoms with Crippen LogP contribution in [0.4, 0.5) is 17.3 Å². The summed E-state index contributed by atoms with van der Waals surface area (Å²) in [5.41, 5.74) is 0. The maximum absolute atomic E-state index is 9.75. The molecule has 0 saturated carbocycles. The summed E-state index contributed by atoms with van der Waals surface area (Å²) in [6.07, 6.45) is 21.0. The van der Waals surface area contributed by atoms with Gasteiger partial charge in [-0.1, -0.05) is 24.3 Å². The van der Waals surface area contributed by atoms with Gasteiger partial charge in [0.25, 0.3) is 0 Å². The quantitative estimate of drug-likeness (QED) is 0.417. The molecular formula is C13H17BF4Ni. The number of hydrogen-bond donors (Lipinski definition) is 0. The first-order valence-corrected chi connectivity index (χ1v) is 6.56. The van der Waals surface area contributed by atoms with E-state index in [9.17, 15) is 17.3 Å². The summed E-state index contributed by atoms with van der Waals surface area (Å²) in [5.74, 6) is 0. The first-order chi connectivity index (χ1) is 8.89. The molecule has 19 heavy (non-hydrogen) atoms. The van der Waals surface area contributed by atoms with Crippen LogP contribution in [0, 0.1) is 0 Å². The van der Waals surface area contributed by atoms with Gasteiger partial charge in [-0.3, -0.25) is 0 Å². The van der Waals surface area contributed by atoms with E-state index in [4.69, 9.17) is 0 Å². The number of halogens is 4. The Morgan fingerprint density at radius 1 is 0.842 bits per heavy atom. The minimum absolute atomic E-state index is 1.00. The predicted molar refractivity (Wildman–Crippen MR) is 68.8 cm³/mol. The molecule has 0 heterocycles. The molecule has 2 aliphatic carbocycles. The van der Waals surface area contributed by atoms with Crippen molar-refractivity contribution in [1.82, 2.24) is 0 Å². The summed E-state index contributed by atoms with van der Waals surface area (Å²) in [6.45, 7) is 0. The fraction of sp³-hybridized carbons (Fsp3) is 0.385. The second-order valence-corrected chi connectivity index (χ2v) is 4.48. The summed E-state index contributed by atoms with van der Waals surface area (Å²) in [7, 11) is -6.00. The van der Waals surface area contributed by atoms with Crippen molar-refractivity contribution in [3.63, 3.8) is 0 Å². The molecule has 2 aliphatic rings. The van der Waals surface area contributed by atoms with Crippen molar-refractivity contribution in [1.29, 1.82) is 0 Å². The van der Waals surface area contributed by atoms with E-state index in [0.29, 0.717) is 0 Å². The van der Waals surface area contributed by atoms with E-state index in [2.05, 4.69) is 45.8 Å². The second-order valence-electron chi connectivity index (χ2n) is 3.84. The zero-order chi connectivity index (χ0) is 14.6. The summed E-state index contributed by atoms with van der Waals surface area (Å²) >= 11 is 4.53. The van der Waals surface area contributed by atoms with Crippen molar-refractivity contribution in [2.75, 3.05) is 0 Å². The van der Waals surface area contributed by atoms with Gasteiger partial charge in [0.15, 0.2) is 0 Å².